The van der Waals surface area contributed by atoms with Gasteiger partial charge in [0, 0.05) is 23.1 Å². The van der Waals surface area contributed by atoms with E-state index in [-0.39, 0.29) is 0 Å². The zero-order valence-electron chi connectivity index (χ0n) is 12.4. The van der Waals surface area contributed by atoms with Crippen LogP contribution in [0.1, 0.15) is 58.1 Å². The second kappa shape index (κ2) is 7.30. The Kier molecular flexibility index (Phi) is 5.71. The Morgan fingerprint density at radius 1 is 1.47 bits per heavy atom. The molecule has 2 rings (SSSR count). The molecular weight excluding hydrogens is 252 g/mol. The first-order valence-corrected chi connectivity index (χ1v) is 8.46. The van der Waals surface area contributed by atoms with Crippen molar-refractivity contribution in [3.63, 3.8) is 0 Å². The highest BCUT2D eigenvalue weighted by molar-refractivity contribution is 7.99. The SMILES string of the molecule is CCCCN1CCC[C@H]1c1cccnc1SC(C)C. The van der Waals surface area contributed by atoms with E-state index in [0.717, 1.165) is 0 Å². The van der Waals surface area contributed by atoms with Crippen molar-refractivity contribution in [2.75, 3.05) is 13.1 Å². The van der Waals surface area contributed by atoms with Crippen LogP contribution in [0.25, 0.3) is 0 Å². The Hall–Kier alpha value is -0.540. The van der Waals surface area contributed by atoms with Crippen molar-refractivity contribution in [2.24, 2.45) is 0 Å². The Balaban J connectivity index is 2.15. The van der Waals surface area contributed by atoms with E-state index in [4.69, 9.17) is 0 Å². The fourth-order valence-corrected chi connectivity index (χ4v) is 3.69. The summed E-state index contributed by atoms with van der Waals surface area (Å²) in [6, 6.07) is 4.98. The molecule has 2 nitrogen and oxygen atoms in total. The van der Waals surface area contributed by atoms with Gasteiger partial charge in [0.25, 0.3) is 0 Å². The predicted molar refractivity (Wildman–Crippen MR) is 83.7 cm³/mol. The van der Waals surface area contributed by atoms with Gasteiger partial charge in [0.2, 0.25) is 0 Å². The molecule has 0 aliphatic carbocycles. The van der Waals surface area contributed by atoms with Gasteiger partial charge in [-0.1, -0.05) is 33.3 Å². The van der Waals surface area contributed by atoms with Crippen molar-refractivity contribution in [3.05, 3.63) is 23.9 Å². The van der Waals surface area contributed by atoms with Crippen molar-refractivity contribution < 1.29 is 0 Å². The van der Waals surface area contributed by atoms with Gasteiger partial charge < -0.3 is 0 Å². The summed E-state index contributed by atoms with van der Waals surface area (Å²) in [5.41, 5.74) is 1.45. The Bertz CT molecular complexity index is 392. The van der Waals surface area contributed by atoms with Crippen LogP contribution in [0.3, 0.4) is 0 Å². The summed E-state index contributed by atoms with van der Waals surface area (Å²) in [7, 11) is 0. The third kappa shape index (κ3) is 3.96. The molecule has 1 atom stereocenters. The van der Waals surface area contributed by atoms with Gasteiger partial charge in [0.1, 0.15) is 5.03 Å². The lowest BCUT2D eigenvalue weighted by molar-refractivity contribution is 0.250. The maximum Gasteiger partial charge on any atom is 0.101 e. The number of rotatable bonds is 6. The van der Waals surface area contributed by atoms with Crippen LogP contribution < -0.4 is 0 Å². The number of hydrogen-bond acceptors (Lipinski definition) is 3. The number of nitrogens with zero attached hydrogens (tertiary/aromatic N) is 2. The lowest BCUT2D eigenvalue weighted by atomic mass is 10.1. The van der Waals surface area contributed by atoms with Crippen LogP contribution in [0.5, 0.6) is 0 Å². The second-order valence-electron chi connectivity index (χ2n) is 5.61. The summed E-state index contributed by atoms with van der Waals surface area (Å²) < 4.78 is 0. The molecule has 1 aromatic heterocycles. The van der Waals surface area contributed by atoms with Crippen LogP contribution in [0, 0.1) is 0 Å². The predicted octanol–water partition coefficient (Wildman–Crippen LogP) is 4.52. The third-order valence-corrected chi connectivity index (χ3v) is 4.71. The highest BCUT2D eigenvalue weighted by Gasteiger charge is 2.27. The van der Waals surface area contributed by atoms with E-state index in [0.29, 0.717) is 11.3 Å². The molecule has 1 aliphatic rings. The lowest BCUT2D eigenvalue weighted by Gasteiger charge is -2.26. The average molecular weight is 278 g/mol. The summed E-state index contributed by atoms with van der Waals surface area (Å²) >= 11 is 1.90. The fourth-order valence-electron chi connectivity index (χ4n) is 2.79. The van der Waals surface area contributed by atoms with Crippen LogP contribution >= 0.6 is 11.8 Å². The number of thioether (sulfide) groups is 1. The molecular formula is C16H26N2S. The van der Waals surface area contributed by atoms with Gasteiger partial charge in [-0.05, 0) is 38.4 Å². The molecule has 106 valence electrons. The molecule has 0 bridgehead atoms. The van der Waals surface area contributed by atoms with Crippen molar-refractivity contribution in [2.45, 2.75) is 62.8 Å². The maximum atomic E-state index is 4.61. The summed E-state index contributed by atoms with van der Waals surface area (Å²) in [6.45, 7) is 9.25. The van der Waals surface area contributed by atoms with Crippen molar-refractivity contribution in [3.8, 4) is 0 Å². The molecule has 1 aromatic rings. The molecule has 1 aliphatic heterocycles. The second-order valence-corrected chi connectivity index (χ2v) is 7.18. The van der Waals surface area contributed by atoms with Crippen LogP contribution in [-0.2, 0) is 0 Å². The van der Waals surface area contributed by atoms with E-state index >= 15 is 0 Å². The van der Waals surface area contributed by atoms with E-state index in [1.807, 2.05) is 18.0 Å². The standard InChI is InChI=1S/C16H26N2S/c1-4-5-11-18-12-7-9-15(18)14-8-6-10-17-16(14)19-13(2)3/h6,8,10,13,15H,4-5,7,9,11-12H2,1-3H3/t15-/m0/s1. The minimum atomic E-state index is 0.596. The van der Waals surface area contributed by atoms with Gasteiger partial charge >= 0.3 is 0 Å². The van der Waals surface area contributed by atoms with Gasteiger partial charge in [-0.25, -0.2) is 4.98 Å². The minimum absolute atomic E-state index is 0.596. The van der Waals surface area contributed by atoms with Crippen LogP contribution in [0.2, 0.25) is 0 Å². The summed E-state index contributed by atoms with van der Waals surface area (Å²) in [6.07, 6.45) is 7.14. The molecule has 0 amide bonds. The smallest absolute Gasteiger partial charge is 0.101 e. The van der Waals surface area contributed by atoms with Crippen LogP contribution in [-0.4, -0.2) is 28.2 Å². The zero-order valence-corrected chi connectivity index (χ0v) is 13.2. The first-order chi connectivity index (χ1) is 9.22. The van der Waals surface area contributed by atoms with Gasteiger partial charge in [0.15, 0.2) is 0 Å². The summed E-state index contributed by atoms with van der Waals surface area (Å²) in [5.74, 6) is 0. The first-order valence-electron chi connectivity index (χ1n) is 7.58. The Labute approximate surface area is 122 Å². The molecule has 2 heterocycles. The lowest BCUT2D eigenvalue weighted by Crippen LogP contribution is -2.25. The van der Waals surface area contributed by atoms with Gasteiger partial charge in [-0.2, -0.15) is 0 Å². The number of likely N-dealkylation sites (tertiary alicyclic amines) is 1. The van der Waals surface area contributed by atoms with Crippen molar-refractivity contribution in [1.29, 1.82) is 0 Å². The number of hydrogen-bond donors (Lipinski definition) is 0. The van der Waals surface area contributed by atoms with Crippen molar-refractivity contribution >= 4 is 11.8 Å². The quantitative estimate of drug-likeness (QED) is 0.712. The number of pyridine rings is 1. The largest absolute Gasteiger partial charge is 0.296 e. The molecule has 0 aromatic carbocycles. The molecule has 0 N–H and O–H groups in total. The molecule has 0 radical (unpaired) electrons. The van der Waals surface area contributed by atoms with E-state index in [1.54, 1.807) is 0 Å². The molecule has 0 spiro atoms. The van der Waals surface area contributed by atoms with E-state index in [9.17, 15) is 0 Å². The van der Waals surface area contributed by atoms with E-state index < -0.39 is 0 Å². The monoisotopic (exact) mass is 278 g/mol. The summed E-state index contributed by atoms with van der Waals surface area (Å²) in [4.78, 5) is 7.27. The molecule has 0 saturated carbocycles. The van der Waals surface area contributed by atoms with Crippen LogP contribution in [0.15, 0.2) is 23.4 Å². The van der Waals surface area contributed by atoms with Crippen LogP contribution in [0.4, 0.5) is 0 Å². The molecule has 19 heavy (non-hydrogen) atoms. The average Bonchev–Trinajstić information content (AvgIpc) is 2.84. The first kappa shape index (κ1) is 14.9. The molecule has 1 saturated heterocycles. The van der Waals surface area contributed by atoms with E-state index in [2.05, 4.69) is 42.8 Å². The van der Waals surface area contributed by atoms with Crippen molar-refractivity contribution in [1.82, 2.24) is 9.88 Å². The molecule has 3 heteroatoms. The Morgan fingerprint density at radius 2 is 2.32 bits per heavy atom. The molecule has 1 fully saturated rings. The highest BCUT2D eigenvalue weighted by atomic mass is 32.2. The topological polar surface area (TPSA) is 16.1 Å². The summed E-state index contributed by atoms with van der Waals surface area (Å²) in [5, 5.41) is 1.84. The highest BCUT2D eigenvalue weighted by Crippen LogP contribution is 2.37. The number of aromatic nitrogens is 1. The minimum Gasteiger partial charge on any atom is -0.296 e. The molecule has 0 unspecified atom stereocenters. The Morgan fingerprint density at radius 3 is 3.05 bits per heavy atom. The van der Waals surface area contributed by atoms with E-state index in [1.165, 1.54) is 49.4 Å². The zero-order chi connectivity index (χ0) is 13.7. The van der Waals surface area contributed by atoms with Gasteiger partial charge in [-0.15, -0.1) is 11.8 Å². The van der Waals surface area contributed by atoms with Gasteiger partial charge in [-0.3, -0.25) is 4.90 Å². The normalized spacial score (nSPS) is 20.3. The number of unbranched alkanes of at least 4 members (excludes halogenated alkanes) is 1. The maximum absolute atomic E-state index is 4.61. The third-order valence-electron chi connectivity index (χ3n) is 3.67. The van der Waals surface area contributed by atoms with Gasteiger partial charge in [0.05, 0.1) is 0 Å². The fraction of sp³-hybridized carbons (Fsp3) is 0.688.